The quantitative estimate of drug-likeness (QED) is 0.715. The van der Waals surface area contributed by atoms with Crippen molar-refractivity contribution in [1.29, 1.82) is 0 Å². The highest BCUT2D eigenvalue weighted by atomic mass is 14.9. The lowest BCUT2D eigenvalue weighted by Crippen LogP contribution is -2.35. The molecule has 0 aliphatic rings. The van der Waals surface area contributed by atoms with Gasteiger partial charge in [0.15, 0.2) is 0 Å². The number of unbranched alkanes of at least 4 members (excludes halogenated alkanes) is 1. The van der Waals surface area contributed by atoms with Gasteiger partial charge in [-0.15, -0.1) is 0 Å². The molecule has 1 rings (SSSR count). The van der Waals surface area contributed by atoms with Crippen molar-refractivity contribution >= 4 is 0 Å². The topological polar surface area (TPSA) is 50.9 Å². The van der Waals surface area contributed by atoms with Crippen molar-refractivity contribution in [2.75, 3.05) is 6.54 Å². The highest BCUT2D eigenvalue weighted by Gasteiger charge is 2.04. The van der Waals surface area contributed by atoms with E-state index in [2.05, 4.69) is 17.2 Å². The van der Waals surface area contributed by atoms with Gasteiger partial charge in [0.05, 0.1) is 5.69 Å². The molecule has 3 nitrogen and oxygen atoms in total. The van der Waals surface area contributed by atoms with Crippen molar-refractivity contribution in [3.05, 3.63) is 30.1 Å². The largest absolute Gasteiger partial charge is 0.329 e. The van der Waals surface area contributed by atoms with E-state index in [0.29, 0.717) is 12.6 Å². The first kappa shape index (κ1) is 12.1. The highest BCUT2D eigenvalue weighted by molar-refractivity contribution is 5.03. The minimum absolute atomic E-state index is 0.423. The van der Waals surface area contributed by atoms with Crippen molar-refractivity contribution in [2.45, 2.75) is 38.8 Å². The van der Waals surface area contributed by atoms with E-state index in [-0.39, 0.29) is 0 Å². The van der Waals surface area contributed by atoms with Gasteiger partial charge in [0, 0.05) is 25.3 Å². The van der Waals surface area contributed by atoms with E-state index < -0.39 is 0 Å². The second kappa shape index (κ2) is 7.37. The number of hydrogen-bond donors (Lipinski definition) is 2. The van der Waals surface area contributed by atoms with Gasteiger partial charge in [-0.05, 0) is 18.6 Å². The molecule has 0 aromatic carbocycles. The molecule has 0 fully saturated rings. The summed E-state index contributed by atoms with van der Waals surface area (Å²) in [7, 11) is 0. The Kier molecular flexibility index (Phi) is 5.97. The van der Waals surface area contributed by atoms with Gasteiger partial charge in [-0.2, -0.15) is 0 Å². The Morgan fingerprint density at radius 1 is 1.47 bits per heavy atom. The van der Waals surface area contributed by atoms with Crippen LogP contribution in [0.15, 0.2) is 24.4 Å². The van der Waals surface area contributed by atoms with Gasteiger partial charge in [-0.3, -0.25) is 4.98 Å². The summed E-state index contributed by atoms with van der Waals surface area (Å²) >= 11 is 0. The molecular formula is C12H21N3. The van der Waals surface area contributed by atoms with Crippen molar-refractivity contribution in [3.63, 3.8) is 0 Å². The number of nitrogens with two attached hydrogens (primary N) is 1. The van der Waals surface area contributed by atoms with E-state index in [9.17, 15) is 0 Å². The van der Waals surface area contributed by atoms with Crippen LogP contribution in [0.1, 0.15) is 31.9 Å². The number of rotatable bonds is 7. The summed E-state index contributed by atoms with van der Waals surface area (Å²) in [6.45, 7) is 3.71. The van der Waals surface area contributed by atoms with E-state index in [1.165, 1.54) is 12.8 Å². The molecule has 3 N–H and O–H groups in total. The third-order valence-corrected chi connectivity index (χ3v) is 2.49. The Morgan fingerprint density at radius 2 is 2.33 bits per heavy atom. The van der Waals surface area contributed by atoms with Crippen LogP contribution in [0.2, 0.25) is 0 Å². The van der Waals surface area contributed by atoms with Crippen LogP contribution < -0.4 is 11.1 Å². The second-order valence-electron chi connectivity index (χ2n) is 3.78. The number of pyridine rings is 1. The Bertz CT molecular complexity index is 248. The van der Waals surface area contributed by atoms with Gasteiger partial charge in [0.25, 0.3) is 0 Å². The van der Waals surface area contributed by atoms with Crippen LogP contribution in [0.5, 0.6) is 0 Å². The molecule has 0 spiro atoms. The van der Waals surface area contributed by atoms with Crippen LogP contribution in [-0.4, -0.2) is 17.6 Å². The summed E-state index contributed by atoms with van der Waals surface area (Å²) in [6, 6.07) is 6.39. The molecule has 0 aliphatic heterocycles. The molecule has 3 heteroatoms. The first-order valence-electron chi connectivity index (χ1n) is 5.70. The SMILES string of the molecule is CCCCC(CN)NCc1ccccn1. The Hall–Kier alpha value is -0.930. The highest BCUT2D eigenvalue weighted by Crippen LogP contribution is 2.00. The molecule has 1 aromatic rings. The molecule has 0 aliphatic carbocycles. The molecular weight excluding hydrogens is 186 g/mol. The van der Waals surface area contributed by atoms with Gasteiger partial charge >= 0.3 is 0 Å². The maximum atomic E-state index is 5.69. The fourth-order valence-electron chi connectivity index (χ4n) is 1.51. The predicted molar refractivity (Wildman–Crippen MR) is 63.4 cm³/mol. The summed E-state index contributed by atoms with van der Waals surface area (Å²) in [5, 5.41) is 3.43. The standard InChI is InChI=1S/C12H21N3/c1-2-3-6-11(9-13)15-10-12-7-4-5-8-14-12/h4-5,7-8,11,15H,2-3,6,9-10,13H2,1H3. The first-order chi connectivity index (χ1) is 7.36. The molecule has 1 aromatic heterocycles. The number of aromatic nitrogens is 1. The Morgan fingerprint density at radius 3 is 2.93 bits per heavy atom. The van der Waals surface area contributed by atoms with Gasteiger partial charge < -0.3 is 11.1 Å². The third kappa shape index (κ3) is 4.91. The van der Waals surface area contributed by atoms with E-state index >= 15 is 0 Å². The van der Waals surface area contributed by atoms with E-state index in [1.54, 1.807) is 0 Å². The van der Waals surface area contributed by atoms with Gasteiger partial charge in [0.2, 0.25) is 0 Å². The molecule has 1 atom stereocenters. The maximum Gasteiger partial charge on any atom is 0.0541 e. The van der Waals surface area contributed by atoms with E-state index in [4.69, 9.17) is 5.73 Å². The summed E-state index contributed by atoms with van der Waals surface area (Å²) in [6.07, 6.45) is 5.43. The van der Waals surface area contributed by atoms with E-state index in [1.807, 2.05) is 24.4 Å². The molecule has 0 saturated carbocycles. The van der Waals surface area contributed by atoms with Crippen LogP contribution in [0.25, 0.3) is 0 Å². The summed E-state index contributed by atoms with van der Waals surface area (Å²) in [4.78, 5) is 4.26. The molecule has 0 bridgehead atoms. The molecule has 15 heavy (non-hydrogen) atoms. The maximum absolute atomic E-state index is 5.69. The average Bonchev–Trinajstić information content (AvgIpc) is 2.31. The lowest BCUT2D eigenvalue weighted by molar-refractivity contribution is 0.467. The molecule has 84 valence electrons. The lowest BCUT2D eigenvalue weighted by Gasteiger charge is -2.15. The van der Waals surface area contributed by atoms with Crippen molar-refractivity contribution in [1.82, 2.24) is 10.3 Å². The van der Waals surface area contributed by atoms with Crippen LogP contribution in [0.3, 0.4) is 0 Å². The zero-order valence-corrected chi connectivity index (χ0v) is 9.45. The van der Waals surface area contributed by atoms with Crippen molar-refractivity contribution < 1.29 is 0 Å². The van der Waals surface area contributed by atoms with Crippen molar-refractivity contribution in [2.24, 2.45) is 5.73 Å². The normalized spacial score (nSPS) is 12.7. The average molecular weight is 207 g/mol. The lowest BCUT2D eigenvalue weighted by atomic mass is 10.1. The van der Waals surface area contributed by atoms with Crippen molar-refractivity contribution in [3.8, 4) is 0 Å². The van der Waals surface area contributed by atoms with E-state index in [0.717, 1.165) is 18.7 Å². The zero-order valence-electron chi connectivity index (χ0n) is 9.45. The smallest absolute Gasteiger partial charge is 0.0541 e. The molecule has 1 unspecified atom stereocenters. The zero-order chi connectivity index (χ0) is 10.9. The Labute approximate surface area is 92.1 Å². The summed E-state index contributed by atoms with van der Waals surface area (Å²) in [5.41, 5.74) is 6.77. The second-order valence-corrected chi connectivity index (χ2v) is 3.78. The Balaban J connectivity index is 2.28. The van der Waals surface area contributed by atoms with Crippen LogP contribution >= 0.6 is 0 Å². The fraction of sp³-hybridized carbons (Fsp3) is 0.583. The fourth-order valence-corrected chi connectivity index (χ4v) is 1.51. The summed E-state index contributed by atoms with van der Waals surface area (Å²) < 4.78 is 0. The third-order valence-electron chi connectivity index (χ3n) is 2.49. The predicted octanol–water partition coefficient (Wildman–Crippen LogP) is 1.69. The van der Waals surface area contributed by atoms with Gasteiger partial charge in [0.1, 0.15) is 0 Å². The molecule has 0 saturated heterocycles. The first-order valence-corrected chi connectivity index (χ1v) is 5.70. The molecule has 1 heterocycles. The van der Waals surface area contributed by atoms with Crippen LogP contribution in [0, 0.1) is 0 Å². The minimum Gasteiger partial charge on any atom is -0.329 e. The number of hydrogen-bond acceptors (Lipinski definition) is 3. The number of nitrogens with zero attached hydrogens (tertiary/aromatic N) is 1. The monoisotopic (exact) mass is 207 g/mol. The van der Waals surface area contributed by atoms with Crippen LogP contribution in [0.4, 0.5) is 0 Å². The summed E-state index contributed by atoms with van der Waals surface area (Å²) in [5.74, 6) is 0. The van der Waals surface area contributed by atoms with Gasteiger partial charge in [-0.1, -0.05) is 25.8 Å². The van der Waals surface area contributed by atoms with Gasteiger partial charge in [-0.25, -0.2) is 0 Å². The number of nitrogens with one attached hydrogen (secondary N) is 1. The molecule has 0 radical (unpaired) electrons. The minimum atomic E-state index is 0.423. The molecule has 0 amide bonds. The van der Waals surface area contributed by atoms with Crippen LogP contribution in [-0.2, 0) is 6.54 Å².